The zero-order valence-corrected chi connectivity index (χ0v) is 20.2. The number of nitrogens with one attached hydrogen (secondary N) is 3. The van der Waals surface area contributed by atoms with Gasteiger partial charge in [-0.25, -0.2) is 9.59 Å². The molecule has 2 aromatic heterocycles. The van der Waals surface area contributed by atoms with Crippen molar-refractivity contribution in [1.29, 1.82) is 0 Å². The van der Waals surface area contributed by atoms with Gasteiger partial charge in [-0.05, 0) is 28.7 Å². The third-order valence-corrected chi connectivity index (χ3v) is 8.64. The van der Waals surface area contributed by atoms with Gasteiger partial charge in [0.25, 0.3) is 11.8 Å². The highest BCUT2D eigenvalue weighted by atomic mass is 32.2. The van der Waals surface area contributed by atoms with Crippen LogP contribution < -0.4 is 16.4 Å². The van der Waals surface area contributed by atoms with Crippen LogP contribution in [0.5, 0.6) is 0 Å². The fourth-order valence-electron chi connectivity index (χ4n) is 3.66. The maximum Gasteiger partial charge on any atom is 0.352 e. The third-order valence-electron chi connectivity index (χ3n) is 5.23. The number of amides is 4. The van der Waals surface area contributed by atoms with Crippen molar-refractivity contribution in [2.75, 3.05) is 12.3 Å². The highest BCUT2D eigenvalue weighted by molar-refractivity contribution is 8.01. The van der Waals surface area contributed by atoms with E-state index in [0.717, 1.165) is 16.7 Å². The van der Waals surface area contributed by atoms with Gasteiger partial charge in [-0.3, -0.25) is 14.5 Å². The fourth-order valence-corrected chi connectivity index (χ4v) is 6.90. The average molecular weight is 541 g/mol. The van der Waals surface area contributed by atoms with Gasteiger partial charge >= 0.3 is 12.0 Å². The van der Waals surface area contributed by atoms with Crippen molar-refractivity contribution in [3.63, 3.8) is 0 Å². The molecule has 0 aromatic carbocycles. The van der Waals surface area contributed by atoms with Crippen LogP contribution in [0.25, 0.3) is 0 Å². The number of fused-ring (bicyclic) bond motifs is 1. The molecule has 2 aromatic rings. The van der Waals surface area contributed by atoms with Crippen molar-refractivity contribution >= 4 is 58.7 Å². The monoisotopic (exact) mass is 540 g/mol. The number of hydrogen-bond acceptors (Lipinski definition) is 11. The number of aliphatic hydroxyl groups is 1. The van der Waals surface area contributed by atoms with Crippen LogP contribution in [0.15, 0.2) is 33.9 Å². The van der Waals surface area contributed by atoms with Crippen molar-refractivity contribution in [2.24, 2.45) is 5.73 Å². The quantitative estimate of drug-likeness (QED) is 0.163. The maximum atomic E-state index is 12.9. The zero-order chi connectivity index (χ0) is 25.1. The van der Waals surface area contributed by atoms with E-state index >= 15 is 0 Å². The molecule has 4 atom stereocenters. The number of β-lactam (4-membered cyclic amide) rings is 1. The van der Waals surface area contributed by atoms with E-state index in [4.69, 9.17) is 5.73 Å². The Morgan fingerprint density at radius 3 is 2.83 bits per heavy atom. The number of carbonyl (C=O) groups excluding carboxylic acids is 3. The number of tetrazole rings is 1. The number of aromatic nitrogens is 4. The molecule has 14 nitrogen and oxygen atoms in total. The summed E-state index contributed by atoms with van der Waals surface area (Å²) in [6, 6.07) is 1.60. The Bertz CT molecular complexity index is 1140. The first kappa shape index (κ1) is 25.0. The minimum atomic E-state index is -1.43. The largest absolute Gasteiger partial charge is 0.477 e. The smallest absolute Gasteiger partial charge is 0.352 e. The number of aromatic amines is 1. The number of aliphatic hydroxyl groups excluding tert-OH is 1. The van der Waals surface area contributed by atoms with E-state index in [9.17, 15) is 29.4 Å². The van der Waals surface area contributed by atoms with E-state index in [1.807, 2.05) is 0 Å². The van der Waals surface area contributed by atoms with Gasteiger partial charge in [0.05, 0.1) is 0 Å². The number of H-pyrrole nitrogens is 1. The summed E-state index contributed by atoms with van der Waals surface area (Å²) >= 11 is 3.62. The highest BCUT2D eigenvalue weighted by Crippen LogP contribution is 2.44. The van der Waals surface area contributed by atoms with Gasteiger partial charge in [0.15, 0.2) is 6.10 Å². The Hall–Kier alpha value is -3.15. The number of thioether (sulfide) groups is 2. The van der Waals surface area contributed by atoms with Crippen molar-refractivity contribution in [3.8, 4) is 0 Å². The Labute approximate surface area is 210 Å². The van der Waals surface area contributed by atoms with Crippen molar-refractivity contribution < 1.29 is 29.4 Å². The van der Waals surface area contributed by atoms with Crippen molar-refractivity contribution in [2.45, 2.75) is 34.3 Å². The maximum absolute atomic E-state index is 12.9. The summed E-state index contributed by atoms with van der Waals surface area (Å²) in [5.41, 5.74) is 5.38. The molecule has 4 rings (SSSR count). The summed E-state index contributed by atoms with van der Waals surface area (Å²) in [7, 11) is 0. The second kappa shape index (κ2) is 10.6. The van der Waals surface area contributed by atoms with Gasteiger partial charge in [0.1, 0.15) is 17.1 Å². The summed E-state index contributed by atoms with van der Waals surface area (Å²) in [5, 5.41) is 39.6. The molecule has 0 spiro atoms. The molecule has 7 N–H and O–H groups in total. The molecule has 0 radical (unpaired) electrons. The van der Waals surface area contributed by atoms with Gasteiger partial charge in [-0.15, -0.1) is 33.3 Å². The minimum absolute atomic E-state index is 0.155. The number of rotatable bonds is 10. The summed E-state index contributed by atoms with van der Waals surface area (Å²) in [5.74, 6) is -2.39. The Kier molecular flexibility index (Phi) is 7.58. The first-order valence-electron chi connectivity index (χ1n) is 10.1. The Morgan fingerprint density at radius 1 is 1.40 bits per heavy atom. The van der Waals surface area contributed by atoms with E-state index in [-0.39, 0.29) is 29.6 Å². The highest BCUT2D eigenvalue weighted by Gasteiger charge is 2.55. The average Bonchev–Trinajstić information content (AvgIpc) is 3.54. The summed E-state index contributed by atoms with van der Waals surface area (Å²) in [6.45, 7) is 0.155. The molecule has 2 aliphatic rings. The molecule has 0 bridgehead atoms. The molecule has 0 saturated carbocycles. The van der Waals surface area contributed by atoms with E-state index < -0.39 is 46.6 Å². The number of aliphatic carboxylic acids is 1. The topological polar surface area (TPSA) is 217 Å². The first-order chi connectivity index (χ1) is 16.8. The summed E-state index contributed by atoms with van der Waals surface area (Å²) in [4.78, 5) is 50.3. The number of thiophene rings is 1. The lowest BCUT2D eigenvalue weighted by molar-refractivity contribution is -0.151. The Balaban J connectivity index is 1.54. The lowest BCUT2D eigenvalue weighted by Crippen LogP contribution is -2.71. The van der Waals surface area contributed by atoms with Gasteiger partial charge in [-0.2, -0.15) is 5.21 Å². The molecular weight excluding hydrogens is 520 g/mol. The number of hydrogen-bond donors (Lipinski definition) is 6. The molecule has 4 heterocycles. The third kappa shape index (κ3) is 5.26. The second-order valence-electron chi connectivity index (χ2n) is 7.37. The molecule has 1 fully saturated rings. The van der Waals surface area contributed by atoms with Crippen LogP contribution >= 0.6 is 34.9 Å². The van der Waals surface area contributed by atoms with E-state index in [0.29, 0.717) is 10.5 Å². The minimum Gasteiger partial charge on any atom is -0.477 e. The second-order valence-corrected chi connectivity index (χ2v) is 10.6. The van der Waals surface area contributed by atoms with E-state index in [1.54, 1.807) is 17.5 Å². The molecule has 17 heteroatoms. The molecule has 4 amide bonds. The van der Waals surface area contributed by atoms with Gasteiger partial charge < -0.3 is 26.6 Å². The van der Waals surface area contributed by atoms with Crippen molar-refractivity contribution in [3.05, 3.63) is 33.7 Å². The molecule has 0 aliphatic carbocycles. The molecule has 3 unspecified atom stereocenters. The number of nitrogens with two attached hydrogens (primary N) is 1. The van der Waals surface area contributed by atoms with Crippen LogP contribution in [-0.4, -0.2) is 88.5 Å². The number of carbonyl (C=O) groups is 4. The molecule has 2 aliphatic heterocycles. The molecule has 186 valence electrons. The van der Waals surface area contributed by atoms with Gasteiger partial charge in [0.2, 0.25) is 5.16 Å². The lowest BCUT2D eigenvalue weighted by atomic mass is 10.00. The van der Waals surface area contributed by atoms with Crippen LogP contribution in [0.2, 0.25) is 0 Å². The fraction of sp³-hybridized carbons (Fsp3) is 0.389. The Morgan fingerprint density at radius 2 is 2.20 bits per heavy atom. The molecule has 35 heavy (non-hydrogen) atoms. The zero-order valence-electron chi connectivity index (χ0n) is 17.8. The van der Waals surface area contributed by atoms with Crippen LogP contribution in [0.3, 0.4) is 0 Å². The number of urea groups is 1. The summed E-state index contributed by atoms with van der Waals surface area (Å²) in [6.07, 6.45) is -1.14. The molecular formula is C18H20N8O6S3. The SMILES string of the molecule is NC(=O)NCCC(Sc1nn[nH]n1)C1=C(C(=O)O)N2C(=O)C(NC(=O)C(O)c3cccs3)[C@@H]2SC1. The molecule has 1 saturated heterocycles. The van der Waals surface area contributed by atoms with Crippen LogP contribution in [0, 0.1) is 0 Å². The lowest BCUT2D eigenvalue weighted by Gasteiger charge is -2.50. The normalized spacial score (nSPS) is 21.1. The van der Waals surface area contributed by atoms with Crippen LogP contribution in [0.1, 0.15) is 17.4 Å². The number of carboxylic acid groups (broad SMARTS) is 1. The van der Waals surface area contributed by atoms with Gasteiger partial charge in [-0.1, -0.05) is 17.8 Å². The number of primary amides is 1. The van der Waals surface area contributed by atoms with E-state index in [1.165, 1.54) is 23.1 Å². The van der Waals surface area contributed by atoms with Crippen LogP contribution in [-0.2, 0) is 14.4 Å². The van der Waals surface area contributed by atoms with Crippen molar-refractivity contribution in [1.82, 2.24) is 36.2 Å². The predicted molar refractivity (Wildman–Crippen MR) is 125 cm³/mol. The number of carboxylic acids is 1. The predicted octanol–water partition coefficient (Wildman–Crippen LogP) is -0.747. The summed E-state index contributed by atoms with van der Waals surface area (Å²) < 4.78 is 0. The first-order valence-corrected chi connectivity index (χ1v) is 12.9. The van der Waals surface area contributed by atoms with E-state index in [2.05, 4.69) is 31.3 Å². The number of nitrogens with zero attached hydrogens (tertiary/aromatic N) is 4. The van der Waals surface area contributed by atoms with Gasteiger partial charge in [0, 0.05) is 22.4 Å². The van der Waals surface area contributed by atoms with Crippen LogP contribution in [0.4, 0.5) is 4.79 Å². The standard InChI is InChI=1S/C18H20N8O6S3/c19-17(32)20-4-3-8(35-18-22-24-25-23-18)7-6-34-15-10(14(29)26(15)11(7)16(30)31)21-13(28)12(27)9-2-1-5-33-9/h1-2,5,8,10,12,15,27H,3-4,6H2,(H,21,28)(H,30,31)(H3,19,20,32)(H,22,23,24,25)/t8?,10?,12?,15-/m0/s1.